The Morgan fingerprint density at radius 3 is 2.50 bits per heavy atom. The summed E-state index contributed by atoms with van der Waals surface area (Å²) in [7, 11) is -3.02. The average Bonchev–Trinajstić information content (AvgIpc) is 3.09. The van der Waals surface area contributed by atoms with Crippen molar-refractivity contribution in [1.82, 2.24) is 25.0 Å². The van der Waals surface area contributed by atoms with Gasteiger partial charge in [-0.15, -0.1) is 0 Å². The highest BCUT2D eigenvalue weighted by atomic mass is 32.2. The van der Waals surface area contributed by atoms with E-state index in [2.05, 4.69) is 15.4 Å². The van der Waals surface area contributed by atoms with Crippen LogP contribution in [-0.4, -0.2) is 64.8 Å². The van der Waals surface area contributed by atoms with Gasteiger partial charge in [0.2, 0.25) is 0 Å². The molecule has 0 saturated carbocycles. The van der Waals surface area contributed by atoms with E-state index in [1.807, 2.05) is 12.1 Å². The number of hydrogen-bond acceptors (Lipinski definition) is 6. The topological polar surface area (TPSA) is 114 Å². The average molecular weight is 432 g/mol. The van der Waals surface area contributed by atoms with Crippen LogP contribution in [0.2, 0.25) is 0 Å². The van der Waals surface area contributed by atoms with E-state index in [4.69, 9.17) is 0 Å². The fraction of sp³-hybridized carbons (Fsp3) is 0.500. The van der Waals surface area contributed by atoms with Crippen LogP contribution in [0.4, 0.5) is 4.79 Å². The third-order valence-electron chi connectivity index (χ3n) is 5.74. The molecule has 0 radical (unpaired) electrons. The number of aromatic nitrogens is 3. The van der Waals surface area contributed by atoms with Crippen molar-refractivity contribution in [2.24, 2.45) is 5.92 Å². The molecule has 2 fully saturated rings. The largest absolute Gasteiger partial charge is 0.334 e. The molecule has 2 aliphatic rings. The van der Waals surface area contributed by atoms with Gasteiger partial charge in [0.15, 0.2) is 9.84 Å². The molecule has 1 unspecified atom stereocenters. The summed E-state index contributed by atoms with van der Waals surface area (Å²) in [5, 5.41) is 7.34. The number of piperidine rings is 1. The Morgan fingerprint density at radius 1 is 1.10 bits per heavy atom. The summed E-state index contributed by atoms with van der Waals surface area (Å²) in [6, 6.07) is 6.45. The first-order valence-corrected chi connectivity index (χ1v) is 12.0. The minimum atomic E-state index is -3.02. The second kappa shape index (κ2) is 8.55. The molecule has 4 heterocycles. The maximum Gasteiger partial charge on any atom is 0.317 e. The first kappa shape index (κ1) is 20.5. The second-order valence-electron chi connectivity index (χ2n) is 7.95. The molecular weight excluding hydrogens is 406 g/mol. The zero-order valence-corrected chi connectivity index (χ0v) is 17.4. The van der Waals surface area contributed by atoms with E-state index in [0.717, 1.165) is 24.1 Å². The summed E-state index contributed by atoms with van der Waals surface area (Å²) in [5.74, 6) is 0.414. The Morgan fingerprint density at radius 2 is 1.83 bits per heavy atom. The minimum Gasteiger partial charge on any atom is -0.334 e. The monoisotopic (exact) mass is 431 g/mol. The van der Waals surface area contributed by atoms with Crippen LogP contribution in [0.5, 0.6) is 0 Å². The minimum absolute atomic E-state index is 0.0254. The predicted octanol–water partition coefficient (Wildman–Crippen LogP) is 0.914. The quantitative estimate of drug-likeness (QED) is 0.770. The molecule has 0 spiro atoms. The fourth-order valence-corrected chi connectivity index (χ4v) is 5.67. The molecule has 9 nitrogen and oxygen atoms in total. The lowest BCUT2D eigenvalue weighted by molar-refractivity contribution is 0.161. The fourth-order valence-electron chi connectivity index (χ4n) is 3.99. The Hall–Kier alpha value is -2.75. The molecule has 4 rings (SSSR count). The molecule has 2 aromatic rings. The summed E-state index contributed by atoms with van der Waals surface area (Å²) < 4.78 is 24.6. The van der Waals surface area contributed by atoms with E-state index in [9.17, 15) is 18.0 Å². The van der Waals surface area contributed by atoms with Gasteiger partial charge in [-0.05, 0) is 43.4 Å². The number of carbonyl (C=O) groups excluding carboxylic acids is 1. The van der Waals surface area contributed by atoms with E-state index in [0.29, 0.717) is 26.1 Å². The van der Waals surface area contributed by atoms with Crippen LogP contribution < -0.4 is 10.9 Å². The van der Waals surface area contributed by atoms with E-state index < -0.39 is 9.84 Å². The van der Waals surface area contributed by atoms with Crippen LogP contribution in [0.3, 0.4) is 0 Å². The normalized spacial score (nSPS) is 21.5. The maximum atomic E-state index is 12.4. The Bertz CT molecular complexity index is 1060. The van der Waals surface area contributed by atoms with E-state index >= 15 is 0 Å². The van der Waals surface area contributed by atoms with Crippen LogP contribution in [0.25, 0.3) is 11.3 Å². The standard InChI is InChI=1S/C20H25N5O4S/c26-19-2-1-18(16-3-8-21-9-4-16)23-25(19)13-15-5-10-24(11-6-15)20(27)22-17-7-12-30(28,29)14-17/h1-4,8-9,15,17H,5-7,10-14H2,(H,22,27). The first-order valence-electron chi connectivity index (χ1n) is 10.1. The third kappa shape index (κ3) is 4.86. The summed E-state index contributed by atoms with van der Waals surface area (Å²) >= 11 is 0. The molecule has 10 heteroatoms. The summed E-state index contributed by atoms with van der Waals surface area (Å²) in [4.78, 5) is 30.4. The van der Waals surface area contributed by atoms with Gasteiger partial charge < -0.3 is 10.2 Å². The van der Waals surface area contributed by atoms with Crippen molar-refractivity contribution in [1.29, 1.82) is 0 Å². The van der Waals surface area contributed by atoms with Crippen LogP contribution in [0, 0.1) is 5.92 Å². The second-order valence-corrected chi connectivity index (χ2v) is 10.2. The summed E-state index contributed by atoms with van der Waals surface area (Å²) in [6.07, 6.45) is 5.39. The molecule has 1 atom stereocenters. The zero-order valence-electron chi connectivity index (χ0n) is 16.6. The molecule has 2 aromatic heterocycles. The van der Waals surface area contributed by atoms with Gasteiger partial charge in [0, 0.05) is 49.7 Å². The summed E-state index contributed by atoms with van der Waals surface area (Å²) in [6.45, 7) is 1.66. The van der Waals surface area contributed by atoms with Crippen LogP contribution in [0.1, 0.15) is 19.3 Å². The Balaban J connectivity index is 1.33. The van der Waals surface area contributed by atoms with Crippen LogP contribution >= 0.6 is 0 Å². The van der Waals surface area contributed by atoms with Crippen molar-refractivity contribution in [3.63, 3.8) is 0 Å². The van der Waals surface area contributed by atoms with Gasteiger partial charge in [-0.25, -0.2) is 17.9 Å². The van der Waals surface area contributed by atoms with Crippen molar-refractivity contribution in [3.05, 3.63) is 47.0 Å². The van der Waals surface area contributed by atoms with Gasteiger partial charge in [0.05, 0.1) is 17.2 Å². The number of hydrogen-bond donors (Lipinski definition) is 1. The predicted molar refractivity (Wildman–Crippen MR) is 112 cm³/mol. The number of urea groups is 1. The van der Waals surface area contributed by atoms with Crippen molar-refractivity contribution in [2.45, 2.75) is 31.8 Å². The number of pyridine rings is 1. The van der Waals surface area contributed by atoms with Gasteiger partial charge in [0.25, 0.3) is 5.56 Å². The zero-order chi connectivity index (χ0) is 21.1. The van der Waals surface area contributed by atoms with Crippen LogP contribution in [0.15, 0.2) is 41.5 Å². The molecule has 0 aromatic carbocycles. The Labute approximate surface area is 175 Å². The van der Waals surface area contributed by atoms with E-state index in [1.165, 1.54) is 10.7 Å². The van der Waals surface area contributed by atoms with Crippen molar-refractivity contribution in [3.8, 4) is 11.3 Å². The number of nitrogens with zero attached hydrogens (tertiary/aromatic N) is 4. The molecule has 2 saturated heterocycles. The highest BCUT2D eigenvalue weighted by molar-refractivity contribution is 7.91. The number of rotatable bonds is 4. The first-order chi connectivity index (χ1) is 14.4. The lowest BCUT2D eigenvalue weighted by Crippen LogP contribution is -2.48. The molecule has 0 bridgehead atoms. The number of nitrogens with one attached hydrogen (secondary N) is 1. The molecule has 2 aliphatic heterocycles. The SMILES string of the molecule is O=C(NC1CCS(=O)(=O)C1)N1CCC(Cn2nc(-c3ccncc3)ccc2=O)CC1. The number of carbonyl (C=O) groups is 1. The highest BCUT2D eigenvalue weighted by Gasteiger charge is 2.31. The lowest BCUT2D eigenvalue weighted by Gasteiger charge is -2.32. The molecule has 1 N–H and O–H groups in total. The molecular formula is C20H25N5O4S. The third-order valence-corrected chi connectivity index (χ3v) is 7.50. The van der Waals surface area contributed by atoms with E-state index in [-0.39, 0.29) is 35.1 Å². The van der Waals surface area contributed by atoms with Crippen molar-refractivity contribution in [2.75, 3.05) is 24.6 Å². The van der Waals surface area contributed by atoms with Crippen molar-refractivity contribution >= 4 is 15.9 Å². The van der Waals surface area contributed by atoms with Gasteiger partial charge in [0.1, 0.15) is 0 Å². The van der Waals surface area contributed by atoms with Crippen LogP contribution in [-0.2, 0) is 16.4 Å². The molecule has 0 aliphatic carbocycles. The van der Waals surface area contributed by atoms with E-state index in [1.54, 1.807) is 23.4 Å². The number of likely N-dealkylation sites (tertiary alicyclic amines) is 1. The van der Waals surface area contributed by atoms with Gasteiger partial charge in [-0.2, -0.15) is 5.10 Å². The van der Waals surface area contributed by atoms with Gasteiger partial charge in [-0.1, -0.05) is 0 Å². The van der Waals surface area contributed by atoms with Gasteiger partial charge >= 0.3 is 6.03 Å². The highest BCUT2D eigenvalue weighted by Crippen LogP contribution is 2.20. The molecule has 2 amide bonds. The maximum absolute atomic E-state index is 12.4. The smallest absolute Gasteiger partial charge is 0.317 e. The molecule has 160 valence electrons. The summed E-state index contributed by atoms with van der Waals surface area (Å²) in [5.41, 5.74) is 1.48. The van der Waals surface area contributed by atoms with Crippen molar-refractivity contribution < 1.29 is 13.2 Å². The number of sulfone groups is 1. The Kier molecular flexibility index (Phi) is 5.85. The van der Waals surface area contributed by atoms with Gasteiger partial charge in [-0.3, -0.25) is 9.78 Å². The number of amides is 2. The molecule has 30 heavy (non-hydrogen) atoms. The lowest BCUT2D eigenvalue weighted by atomic mass is 9.97.